The highest BCUT2D eigenvalue weighted by Crippen LogP contribution is 2.38. The van der Waals surface area contributed by atoms with Gasteiger partial charge in [0.15, 0.2) is 5.75 Å². The van der Waals surface area contributed by atoms with Crippen LogP contribution in [0.5, 0.6) is 5.75 Å². The topological polar surface area (TPSA) is 104 Å². The summed E-state index contributed by atoms with van der Waals surface area (Å²) < 4.78 is 43.2. The lowest BCUT2D eigenvalue weighted by Gasteiger charge is -2.27. The number of amides is 4. The Bertz CT molecular complexity index is 1150. The summed E-state index contributed by atoms with van der Waals surface area (Å²) in [5, 5.41) is 5.50. The lowest BCUT2D eigenvalue weighted by molar-refractivity contribution is -0.274. The standard InChI is InChI=1S/C24H26F3N5O4/c1-23(2)21(34)32(22(35)31(23)14-15-8-11-28-12-9-15)16-6-7-19(36-24(25,26)27)18(13-16)30-20(33)17-5-3-4-10-29-17/h6-9,11-13,17,29H,3-5,10,14H2,1-2H3,(H,30,33). The van der Waals surface area contributed by atoms with Crippen LogP contribution in [0.2, 0.25) is 0 Å². The predicted molar refractivity (Wildman–Crippen MR) is 124 cm³/mol. The normalized spacial score (nSPS) is 20.0. The van der Waals surface area contributed by atoms with Crippen molar-refractivity contribution in [2.75, 3.05) is 16.8 Å². The summed E-state index contributed by atoms with van der Waals surface area (Å²) in [6.45, 7) is 3.92. The highest BCUT2D eigenvalue weighted by molar-refractivity contribution is 6.23. The van der Waals surface area contributed by atoms with Gasteiger partial charge in [0.25, 0.3) is 5.91 Å². The second-order valence-electron chi connectivity index (χ2n) is 9.14. The Hall–Kier alpha value is -3.67. The number of nitrogens with zero attached hydrogens (tertiary/aromatic N) is 3. The van der Waals surface area contributed by atoms with Crippen molar-refractivity contribution < 1.29 is 32.3 Å². The van der Waals surface area contributed by atoms with Crippen molar-refractivity contribution in [3.63, 3.8) is 0 Å². The Kier molecular flexibility index (Phi) is 6.90. The Morgan fingerprint density at radius 1 is 1.19 bits per heavy atom. The zero-order valence-electron chi connectivity index (χ0n) is 19.8. The van der Waals surface area contributed by atoms with Crippen LogP contribution in [-0.4, -0.2) is 52.2 Å². The van der Waals surface area contributed by atoms with Crippen molar-refractivity contribution >= 4 is 29.2 Å². The molecule has 0 saturated carbocycles. The molecule has 1 aromatic heterocycles. The number of aromatic nitrogens is 1. The van der Waals surface area contributed by atoms with Crippen molar-refractivity contribution in [2.45, 2.75) is 57.6 Å². The van der Waals surface area contributed by atoms with Gasteiger partial charge in [-0.25, -0.2) is 9.69 Å². The van der Waals surface area contributed by atoms with Gasteiger partial charge < -0.3 is 20.3 Å². The second kappa shape index (κ2) is 9.76. The molecule has 1 atom stereocenters. The molecule has 192 valence electrons. The number of carbonyl (C=O) groups is 3. The van der Waals surface area contributed by atoms with Gasteiger partial charge in [0.2, 0.25) is 5.91 Å². The molecule has 4 rings (SSSR count). The average molecular weight is 505 g/mol. The number of hydrogen-bond donors (Lipinski definition) is 2. The van der Waals surface area contributed by atoms with Gasteiger partial charge >= 0.3 is 12.4 Å². The monoisotopic (exact) mass is 505 g/mol. The van der Waals surface area contributed by atoms with E-state index in [1.54, 1.807) is 38.4 Å². The fraction of sp³-hybridized carbons (Fsp3) is 0.417. The van der Waals surface area contributed by atoms with E-state index in [4.69, 9.17) is 0 Å². The van der Waals surface area contributed by atoms with E-state index in [1.807, 2.05) is 0 Å². The molecular formula is C24H26F3N5O4. The molecule has 2 aliphatic rings. The van der Waals surface area contributed by atoms with Gasteiger partial charge in [-0.05, 0) is 69.1 Å². The number of piperidine rings is 1. The summed E-state index contributed by atoms with van der Waals surface area (Å²) in [7, 11) is 0. The molecule has 36 heavy (non-hydrogen) atoms. The lowest BCUT2D eigenvalue weighted by Crippen LogP contribution is -2.43. The number of urea groups is 1. The zero-order valence-corrected chi connectivity index (χ0v) is 19.8. The highest BCUT2D eigenvalue weighted by Gasteiger charge is 2.52. The maximum Gasteiger partial charge on any atom is 0.573 e. The SMILES string of the molecule is CC1(C)C(=O)N(c2ccc(OC(F)(F)F)c(NC(=O)C3CCCCN3)c2)C(=O)N1Cc1ccncc1. The molecule has 1 unspecified atom stereocenters. The summed E-state index contributed by atoms with van der Waals surface area (Å²) in [6.07, 6.45) is 0.355. The van der Waals surface area contributed by atoms with Crippen molar-refractivity contribution in [2.24, 2.45) is 0 Å². The molecule has 4 amide bonds. The van der Waals surface area contributed by atoms with Crippen molar-refractivity contribution in [1.82, 2.24) is 15.2 Å². The highest BCUT2D eigenvalue weighted by atomic mass is 19.4. The third-order valence-electron chi connectivity index (χ3n) is 6.25. The molecule has 2 aliphatic heterocycles. The Morgan fingerprint density at radius 2 is 1.92 bits per heavy atom. The summed E-state index contributed by atoms with van der Waals surface area (Å²) in [6, 6.07) is 5.51. The van der Waals surface area contributed by atoms with Gasteiger partial charge in [0.05, 0.1) is 17.4 Å². The van der Waals surface area contributed by atoms with Crippen molar-refractivity contribution in [1.29, 1.82) is 0 Å². The molecule has 1 aromatic carbocycles. The molecular weight excluding hydrogens is 479 g/mol. The molecule has 2 fully saturated rings. The van der Waals surface area contributed by atoms with Gasteiger partial charge in [-0.2, -0.15) is 0 Å². The number of carbonyl (C=O) groups excluding carboxylic acids is 3. The predicted octanol–water partition coefficient (Wildman–Crippen LogP) is 3.81. The van der Waals surface area contributed by atoms with Gasteiger partial charge in [-0.3, -0.25) is 14.6 Å². The first-order chi connectivity index (χ1) is 17.0. The molecule has 9 nitrogen and oxygen atoms in total. The van der Waals surface area contributed by atoms with Gasteiger partial charge in [-0.1, -0.05) is 6.42 Å². The molecule has 2 N–H and O–H groups in total. The number of alkyl halides is 3. The number of hydrogen-bond acceptors (Lipinski definition) is 6. The van der Waals surface area contributed by atoms with E-state index in [2.05, 4.69) is 20.4 Å². The lowest BCUT2D eigenvalue weighted by atomic mass is 10.0. The first-order valence-electron chi connectivity index (χ1n) is 11.5. The number of nitrogens with one attached hydrogen (secondary N) is 2. The maximum atomic E-state index is 13.3. The minimum atomic E-state index is -5.01. The average Bonchev–Trinajstić information content (AvgIpc) is 3.00. The minimum absolute atomic E-state index is 0.0109. The molecule has 2 aromatic rings. The molecule has 0 bridgehead atoms. The largest absolute Gasteiger partial charge is 0.573 e. The molecule has 0 radical (unpaired) electrons. The molecule has 0 aliphatic carbocycles. The van der Waals surface area contributed by atoms with Crippen LogP contribution in [-0.2, 0) is 16.1 Å². The summed E-state index contributed by atoms with van der Waals surface area (Å²) >= 11 is 0. The van der Waals surface area contributed by atoms with E-state index >= 15 is 0 Å². The third-order valence-corrected chi connectivity index (χ3v) is 6.25. The smallest absolute Gasteiger partial charge is 0.404 e. The number of ether oxygens (including phenoxy) is 1. The second-order valence-corrected chi connectivity index (χ2v) is 9.14. The van der Waals surface area contributed by atoms with Gasteiger partial charge in [0.1, 0.15) is 5.54 Å². The number of anilines is 2. The number of halogens is 3. The first kappa shape index (κ1) is 25.4. The van der Waals surface area contributed by atoms with Crippen LogP contribution < -0.4 is 20.3 Å². The summed E-state index contributed by atoms with van der Waals surface area (Å²) in [5.41, 5.74) is -0.760. The number of imide groups is 1. The number of pyridine rings is 1. The van der Waals surface area contributed by atoms with Crippen LogP contribution in [0.4, 0.5) is 29.3 Å². The van der Waals surface area contributed by atoms with E-state index in [1.165, 1.54) is 11.0 Å². The van der Waals surface area contributed by atoms with E-state index in [0.29, 0.717) is 13.0 Å². The number of benzene rings is 1. The van der Waals surface area contributed by atoms with E-state index in [-0.39, 0.29) is 17.9 Å². The summed E-state index contributed by atoms with van der Waals surface area (Å²) in [4.78, 5) is 45.6. The first-order valence-corrected chi connectivity index (χ1v) is 11.5. The van der Waals surface area contributed by atoms with Gasteiger partial charge in [0, 0.05) is 18.9 Å². The summed E-state index contributed by atoms with van der Waals surface area (Å²) in [5.74, 6) is -1.74. The zero-order chi connectivity index (χ0) is 26.1. The van der Waals surface area contributed by atoms with Gasteiger partial charge in [-0.15, -0.1) is 13.2 Å². The van der Waals surface area contributed by atoms with Crippen LogP contribution in [0.3, 0.4) is 0 Å². The molecule has 0 spiro atoms. The quantitative estimate of drug-likeness (QED) is 0.579. The molecule has 2 saturated heterocycles. The van der Waals surface area contributed by atoms with Crippen LogP contribution in [0.15, 0.2) is 42.7 Å². The van der Waals surface area contributed by atoms with Crippen LogP contribution in [0.25, 0.3) is 0 Å². The Balaban J connectivity index is 1.65. The number of rotatable bonds is 6. The molecule has 12 heteroatoms. The fourth-order valence-corrected chi connectivity index (χ4v) is 4.26. The van der Waals surface area contributed by atoms with Crippen molar-refractivity contribution in [3.8, 4) is 5.75 Å². The Morgan fingerprint density at radius 3 is 2.56 bits per heavy atom. The van der Waals surface area contributed by atoms with Crippen LogP contribution in [0, 0.1) is 0 Å². The van der Waals surface area contributed by atoms with E-state index < -0.39 is 41.5 Å². The maximum absolute atomic E-state index is 13.3. The molecule has 3 heterocycles. The third kappa shape index (κ3) is 5.27. The van der Waals surface area contributed by atoms with E-state index in [0.717, 1.165) is 35.4 Å². The minimum Gasteiger partial charge on any atom is -0.404 e. The fourth-order valence-electron chi connectivity index (χ4n) is 4.26. The van der Waals surface area contributed by atoms with Crippen molar-refractivity contribution in [3.05, 3.63) is 48.3 Å². The van der Waals surface area contributed by atoms with Crippen LogP contribution >= 0.6 is 0 Å². The van der Waals surface area contributed by atoms with Crippen LogP contribution in [0.1, 0.15) is 38.7 Å². The van der Waals surface area contributed by atoms with E-state index in [9.17, 15) is 27.6 Å². The Labute approximate surface area is 205 Å².